The van der Waals surface area contributed by atoms with Gasteiger partial charge in [-0.3, -0.25) is 0 Å². The van der Waals surface area contributed by atoms with Crippen LogP contribution in [0.1, 0.15) is 27.7 Å². The van der Waals surface area contributed by atoms with Crippen molar-refractivity contribution < 1.29 is 55.3 Å². The van der Waals surface area contributed by atoms with Crippen molar-refractivity contribution in [1.82, 2.24) is 10.6 Å². The van der Waals surface area contributed by atoms with Crippen molar-refractivity contribution in [3.63, 3.8) is 0 Å². The molecule has 10 nitrogen and oxygen atoms in total. The molecular weight excluding hydrogens is 423 g/mol. The molecular formula is C12H30Cu2N4O6+4. The molecule has 0 saturated carbocycles. The minimum absolute atomic E-state index is 0. The normalized spacial score (nSPS) is 10.2. The summed E-state index contributed by atoms with van der Waals surface area (Å²) in [6, 6.07) is 0. The van der Waals surface area contributed by atoms with Crippen LogP contribution in [0.15, 0.2) is 33.1 Å². The van der Waals surface area contributed by atoms with Crippen LogP contribution in [0.4, 0.5) is 0 Å². The average Bonchev–Trinajstić information content (AvgIpc) is 2.48. The van der Waals surface area contributed by atoms with Crippen LogP contribution in [0, 0.1) is 9.81 Å². The molecule has 0 heterocycles. The van der Waals surface area contributed by atoms with Crippen molar-refractivity contribution in [2.24, 2.45) is 10.4 Å². The van der Waals surface area contributed by atoms with Gasteiger partial charge in [-0.25, -0.2) is 0 Å². The Hall–Kier alpha value is -0.841. The summed E-state index contributed by atoms with van der Waals surface area (Å²) in [7, 11) is 0. The van der Waals surface area contributed by atoms with Crippen LogP contribution in [-0.4, -0.2) is 36.5 Å². The maximum Gasteiger partial charge on any atom is 1.00 e. The van der Waals surface area contributed by atoms with Crippen LogP contribution >= 0.6 is 0 Å². The summed E-state index contributed by atoms with van der Waals surface area (Å²) in [6.45, 7) is 7.75. The van der Waals surface area contributed by atoms with E-state index in [0.717, 1.165) is 0 Å². The van der Waals surface area contributed by atoms with Crippen molar-refractivity contribution in [2.45, 2.75) is 27.7 Å². The minimum Gasteiger partial charge on any atom is -0.457 e. The second-order valence-corrected chi connectivity index (χ2v) is 3.90. The molecule has 0 aliphatic carbocycles. The largest absolute Gasteiger partial charge is 1.00 e. The Bertz CT molecular complexity index is 333. The number of aliphatic hydroxyl groups excluding tert-OH is 2. The molecule has 0 atom stereocenters. The van der Waals surface area contributed by atoms with Crippen LogP contribution in [0.25, 0.3) is 0 Å². The van der Waals surface area contributed by atoms with Crippen molar-refractivity contribution in [3.8, 4) is 0 Å². The van der Waals surface area contributed by atoms with E-state index >= 15 is 0 Å². The van der Waals surface area contributed by atoms with Gasteiger partial charge in [-0.2, -0.15) is 0 Å². The molecule has 0 saturated heterocycles. The summed E-state index contributed by atoms with van der Waals surface area (Å²) in [5, 5.41) is 27.8. The number of nitrogens with one attached hydrogen (secondary N) is 2. The van der Waals surface area contributed by atoms with Crippen molar-refractivity contribution >= 4 is 0 Å². The fourth-order valence-electron chi connectivity index (χ4n) is 0.880. The number of aliphatic hydroxyl groups is 2. The molecule has 0 radical (unpaired) electrons. The molecule has 12 heteroatoms. The third-order valence-electron chi connectivity index (χ3n) is 2.36. The van der Waals surface area contributed by atoms with Crippen LogP contribution < -0.4 is 10.6 Å². The molecule has 24 heavy (non-hydrogen) atoms. The number of hydrogen-bond donors (Lipinski definition) is 4. The number of nitrogens with zero attached hydrogens (tertiary/aromatic N) is 2. The fourth-order valence-corrected chi connectivity index (χ4v) is 0.880. The van der Waals surface area contributed by atoms with E-state index in [9.17, 15) is 9.81 Å². The first-order chi connectivity index (χ1) is 9.44. The zero-order valence-corrected chi connectivity index (χ0v) is 16.1. The average molecular weight is 453 g/mol. The van der Waals surface area contributed by atoms with Crippen LogP contribution in [0.5, 0.6) is 0 Å². The Balaban J connectivity index is -0.0000000579. The summed E-state index contributed by atoms with van der Waals surface area (Å²) in [4.78, 5) is 19.8. The molecule has 0 aliphatic rings. The first kappa shape index (κ1) is 38.6. The topological polar surface area (TPSA) is 189 Å². The van der Waals surface area contributed by atoms with Crippen LogP contribution in [0.3, 0.4) is 0 Å². The van der Waals surface area contributed by atoms with Gasteiger partial charge in [0, 0.05) is 24.5 Å². The van der Waals surface area contributed by atoms with E-state index in [2.05, 4.69) is 21.0 Å². The van der Waals surface area contributed by atoms with Gasteiger partial charge in [0.05, 0.1) is 13.2 Å². The standard InChI is InChI=1S/2C6H12N2O2.2Cu.2H2O/c2*1-5(6(2)8-10)7-3-4-9;;;;/h2*7,9H,3-4H2,1-2H3;;;2*1H2/q;;2*+1;;/p+2. The van der Waals surface area contributed by atoms with Gasteiger partial charge >= 0.3 is 34.1 Å². The van der Waals surface area contributed by atoms with Gasteiger partial charge in [-0.1, -0.05) is 0 Å². The zero-order chi connectivity index (χ0) is 16.0. The van der Waals surface area contributed by atoms with Gasteiger partial charge in [-0.15, -0.1) is 9.81 Å². The molecule has 0 aromatic rings. The van der Waals surface area contributed by atoms with Gasteiger partial charge < -0.3 is 31.8 Å². The van der Waals surface area contributed by atoms with Gasteiger partial charge in [0.2, 0.25) is 0 Å². The Morgan fingerprint density at radius 1 is 0.750 bits per heavy atom. The van der Waals surface area contributed by atoms with E-state index in [1.165, 1.54) is 0 Å². The Morgan fingerprint density at radius 2 is 1.00 bits per heavy atom. The van der Waals surface area contributed by atoms with Gasteiger partial charge in [0.25, 0.3) is 0 Å². The molecule has 0 aromatic heterocycles. The van der Waals surface area contributed by atoms with E-state index < -0.39 is 0 Å². The summed E-state index contributed by atoms with van der Waals surface area (Å²) in [5.41, 5.74) is 2.27. The molecule has 0 amide bonds. The third kappa shape index (κ3) is 23.4. The molecule has 0 rings (SSSR count). The number of rotatable bonds is 8. The SMILES string of the molecule is CC(N=O)=C(C)NCCO.CC(N=O)=C(C)NCCO.[Cu+].[Cu+].[OH3+].[OH3+]. The number of nitroso groups, excluding NO2 is 2. The maximum absolute atomic E-state index is 9.90. The maximum atomic E-state index is 9.90. The fraction of sp³-hybridized carbons (Fsp3) is 0.667. The van der Waals surface area contributed by atoms with Crippen molar-refractivity contribution in [1.29, 1.82) is 0 Å². The zero-order valence-electron chi connectivity index (χ0n) is 14.2. The van der Waals surface area contributed by atoms with Crippen LogP contribution in [-0.2, 0) is 45.1 Å². The van der Waals surface area contributed by atoms with Crippen molar-refractivity contribution in [2.75, 3.05) is 26.3 Å². The smallest absolute Gasteiger partial charge is 0.457 e. The summed E-state index contributed by atoms with van der Waals surface area (Å²) >= 11 is 0. The van der Waals surface area contributed by atoms with Gasteiger partial charge in [-0.05, 0) is 38.0 Å². The molecule has 0 unspecified atom stereocenters. The Kier molecular flexibility index (Phi) is 43.5. The van der Waals surface area contributed by atoms with E-state index in [1.54, 1.807) is 27.7 Å². The van der Waals surface area contributed by atoms with E-state index in [0.29, 0.717) is 35.9 Å². The quantitative estimate of drug-likeness (QED) is 0.214. The summed E-state index contributed by atoms with van der Waals surface area (Å²) in [6.07, 6.45) is 0. The van der Waals surface area contributed by atoms with Crippen LogP contribution in [0.2, 0.25) is 0 Å². The second kappa shape index (κ2) is 27.0. The summed E-state index contributed by atoms with van der Waals surface area (Å²) in [5.74, 6) is 0. The van der Waals surface area contributed by atoms with Crippen molar-refractivity contribution in [3.05, 3.63) is 32.6 Å². The molecule has 0 spiro atoms. The van der Waals surface area contributed by atoms with E-state index in [4.69, 9.17) is 10.2 Å². The molecule has 0 bridgehead atoms. The van der Waals surface area contributed by atoms with E-state index in [1.807, 2.05) is 0 Å². The molecule has 0 aliphatic heterocycles. The third-order valence-corrected chi connectivity index (χ3v) is 2.36. The summed E-state index contributed by atoms with van der Waals surface area (Å²) < 4.78 is 0. The predicted octanol–water partition coefficient (Wildman–Crippen LogP) is -0.677. The first-order valence-corrected chi connectivity index (χ1v) is 6.15. The number of hydrogen-bond acceptors (Lipinski definition) is 8. The van der Waals surface area contributed by atoms with Gasteiger partial charge in [0.1, 0.15) is 11.4 Å². The molecule has 152 valence electrons. The van der Waals surface area contributed by atoms with Gasteiger partial charge in [0.15, 0.2) is 0 Å². The van der Waals surface area contributed by atoms with E-state index in [-0.39, 0.29) is 58.3 Å². The second-order valence-electron chi connectivity index (χ2n) is 3.90. The first-order valence-electron chi connectivity index (χ1n) is 6.15. The molecule has 0 fully saturated rings. The Morgan fingerprint density at radius 3 is 1.17 bits per heavy atom. The molecule has 10 N–H and O–H groups in total. The minimum atomic E-state index is 0. The molecule has 0 aromatic carbocycles. The number of allylic oxidation sites excluding steroid dienone is 4. The Labute approximate surface area is 163 Å². The predicted molar refractivity (Wildman–Crippen MR) is 88.3 cm³/mol. The monoisotopic (exact) mass is 452 g/mol.